The summed E-state index contributed by atoms with van der Waals surface area (Å²) < 4.78 is 3.52. The number of amides is 1. The lowest BCUT2D eigenvalue weighted by Crippen LogP contribution is -2.27. The number of benzene rings is 2. The number of para-hydroxylation sites is 1. The molecule has 1 aliphatic carbocycles. The minimum atomic E-state index is 0.0986. The largest absolute Gasteiger partial charge is 0.329 e. The lowest BCUT2D eigenvalue weighted by molar-refractivity contribution is -0.129. The Morgan fingerprint density at radius 1 is 1.07 bits per heavy atom. The molecule has 1 fully saturated rings. The first-order valence-corrected chi connectivity index (χ1v) is 15.7. The predicted octanol–water partition coefficient (Wildman–Crippen LogP) is 9.64. The highest BCUT2D eigenvalue weighted by Gasteiger charge is 2.23. The van der Waals surface area contributed by atoms with Gasteiger partial charge in [-0.05, 0) is 97.5 Å². The second kappa shape index (κ2) is 17.3. The summed E-state index contributed by atoms with van der Waals surface area (Å²) in [5.74, 6) is 0.238. The third-order valence-electron chi connectivity index (χ3n) is 7.21. The van der Waals surface area contributed by atoms with Crippen LogP contribution in [0, 0.1) is 6.92 Å². The molecule has 5 heteroatoms. The molecule has 0 aliphatic heterocycles. The molecule has 0 radical (unpaired) electrons. The minimum absolute atomic E-state index is 0.0986. The predicted molar refractivity (Wildman–Crippen MR) is 177 cm³/mol. The number of pyridine rings is 1. The van der Waals surface area contributed by atoms with Crippen LogP contribution in [0.3, 0.4) is 0 Å². The number of carbonyl (C=O) groups excluding carboxylic acids is 1. The molecule has 1 aromatic heterocycles. The van der Waals surface area contributed by atoms with Crippen LogP contribution in [0.2, 0.25) is 0 Å². The Bertz CT molecular complexity index is 1300. The van der Waals surface area contributed by atoms with Crippen molar-refractivity contribution in [1.82, 2.24) is 9.88 Å². The molecule has 1 N–H and O–H groups in total. The van der Waals surface area contributed by atoms with E-state index >= 15 is 0 Å². The van der Waals surface area contributed by atoms with E-state index in [0.29, 0.717) is 18.2 Å². The molecular weight excluding hydrogens is 522 g/mol. The molecule has 0 spiro atoms. The fourth-order valence-electron chi connectivity index (χ4n) is 4.91. The lowest BCUT2D eigenvalue weighted by Gasteiger charge is -2.27. The highest BCUT2D eigenvalue weighted by atomic mass is 32.2. The van der Waals surface area contributed by atoms with Crippen LogP contribution in [-0.4, -0.2) is 21.0 Å². The topological polar surface area (TPSA) is 45.2 Å². The van der Waals surface area contributed by atoms with Crippen LogP contribution in [0.25, 0.3) is 0 Å². The van der Waals surface area contributed by atoms with E-state index < -0.39 is 0 Å². The third kappa shape index (κ3) is 9.79. The zero-order valence-corrected chi connectivity index (χ0v) is 26.0. The maximum atomic E-state index is 13.5. The Labute approximate surface area is 251 Å². The lowest BCUT2D eigenvalue weighted by atomic mass is 9.88. The number of hydrogen-bond acceptors (Lipinski definition) is 4. The van der Waals surface area contributed by atoms with E-state index in [1.165, 1.54) is 16.7 Å². The first kappa shape index (κ1) is 32.0. The van der Waals surface area contributed by atoms with Crippen LogP contribution in [0.1, 0.15) is 76.1 Å². The second-order valence-corrected chi connectivity index (χ2v) is 11.1. The highest BCUT2D eigenvalue weighted by Crippen LogP contribution is 2.37. The van der Waals surface area contributed by atoms with Gasteiger partial charge in [0, 0.05) is 29.8 Å². The van der Waals surface area contributed by atoms with Gasteiger partial charge in [-0.15, -0.1) is 0 Å². The molecule has 0 saturated heterocycles. The van der Waals surface area contributed by atoms with Gasteiger partial charge < -0.3 is 9.62 Å². The quantitative estimate of drug-likeness (QED) is 0.248. The van der Waals surface area contributed by atoms with Crippen LogP contribution in [0.4, 0.5) is 5.69 Å². The van der Waals surface area contributed by atoms with Gasteiger partial charge in [0.25, 0.3) is 0 Å². The Morgan fingerprint density at radius 2 is 1.78 bits per heavy atom. The number of hydrogen-bond donors (Lipinski definition) is 1. The van der Waals surface area contributed by atoms with Gasteiger partial charge in [-0.2, -0.15) is 0 Å². The summed E-state index contributed by atoms with van der Waals surface area (Å²) in [4.78, 5) is 19.9. The summed E-state index contributed by atoms with van der Waals surface area (Å²) >= 11 is 1.78. The number of anilines is 1. The van der Waals surface area contributed by atoms with Crippen molar-refractivity contribution < 1.29 is 4.79 Å². The molecule has 2 unspecified atom stereocenters. The Kier molecular flexibility index (Phi) is 13.5. The number of aromatic nitrogens is 1. The number of allylic oxidation sites excluding steroid dienone is 4. The summed E-state index contributed by atoms with van der Waals surface area (Å²) in [6.45, 7) is 10.7. The Morgan fingerprint density at radius 3 is 2.46 bits per heavy atom. The number of carbonyl (C=O) groups is 1. The van der Waals surface area contributed by atoms with Crippen LogP contribution in [0.5, 0.6) is 0 Å². The number of rotatable bonds is 10. The van der Waals surface area contributed by atoms with Gasteiger partial charge in [0.05, 0.1) is 12.2 Å². The Hall–Kier alpha value is -3.57. The van der Waals surface area contributed by atoms with E-state index in [-0.39, 0.29) is 11.8 Å². The molecular formula is C36H45N3OS. The summed E-state index contributed by atoms with van der Waals surface area (Å²) in [5, 5.41) is 0.393. The first-order valence-electron chi connectivity index (χ1n) is 14.8. The molecule has 1 saturated carbocycles. The summed E-state index contributed by atoms with van der Waals surface area (Å²) in [6.07, 6.45) is 14.0. The smallest absolute Gasteiger partial charge is 0.227 e. The molecule has 0 bridgehead atoms. The van der Waals surface area contributed by atoms with Gasteiger partial charge in [-0.1, -0.05) is 87.5 Å². The SMILES string of the molecule is CC.C\C=C1/C(=C\C=C\N(Cc2ncccc2C)C(=O)CC(C)c2ccccc2)CCCC1SNc1ccccc1. The second-order valence-electron chi connectivity index (χ2n) is 10.0. The molecule has 216 valence electrons. The van der Waals surface area contributed by atoms with Crippen LogP contribution >= 0.6 is 11.9 Å². The van der Waals surface area contributed by atoms with Gasteiger partial charge in [0.2, 0.25) is 5.91 Å². The monoisotopic (exact) mass is 567 g/mol. The van der Waals surface area contributed by atoms with E-state index in [2.05, 4.69) is 72.1 Å². The third-order valence-corrected chi connectivity index (χ3v) is 8.33. The standard InChI is InChI=1S/C34H39N3OS.C2H6/c1-4-31-29(17-11-21-33(31)39-36-30-19-9-6-10-20-30)18-13-23-37(25-32-26(2)14-12-22-35-32)34(38)24-27(3)28-15-7-5-8-16-28;1-2/h4-10,12-16,18-20,22-23,27,33,36H,11,17,21,24-25H2,1-3H3;1-2H3/b23-13+,29-18-,31-4+;. The van der Waals surface area contributed by atoms with Crippen molar-refractivity contribution in [2.24, 2.45) is 0 Å². The first-order chi connectivity index (χ1) is 20.0. The van der Waals surface area contributed by atoms with Crippen molar-refractivity contribution in [2.45, 2.75) is 78.0 Å². The van der Waals surface area contributed by atoms with Crippen molar-refractivity contribution in [1.29, 1.82) is 0 Å². The van der Waals surface area contributed by atoms with Crippen molar-refractivity contribution in [3.05, 3.63) is 131 Å². The number of nitrogens with zero attached hydrogens (tertiary/aromatic N) is 2. The molecule has 4 rings (SSSR count). The van der Waals surface area contributed by atoms with E-state index in [9.17, 15) is 4.79 Å². The van der Waals surface area contributed by atoms with Gasteiger partial charge in [0.1, 0.15) is 0 Å². The molecule has 2 aromatic carbocycles. The maximum Gasteiger partial charge on any atom is 0.227 e. The zero-order valence-electron chi connectivity index (χ0n) is 25.2. The number of aryl methyl sites for hydroxylation is 1. The van der Waals surface area contributed by atoms with E-state index in [0.717, 1.165) is 36.2 Å². The number of nitrogens with one attached hydrogen (secondary N) is 1. The van der Waals surface area contributed by atoms with Crippen molar-refractivity contribution >= 4 is 23.5 Å². The molecule has 1 aliphatic rings. The van der Waals surface area contributed by atoms with Crippen molar-refractivity contribution in [3.8, 4) is 0 Å². The molecule has 2 atom stereocenters. The normalized spacial score (nSPS) is 17.6. The average molecular weight is 568 g/mol. The van der Waals surface area contributed by atoms with Gasteiger partial charge >= 0.3 is 0 Å². The van der Waals surface area contributed by atoms with Crippen LogP contribution < -0.4 is 4.72 Å². The maximum absolute atomic E-state index is 13.5. The van der Waals surface area contributed by atoms with Crippen LogP contribution in [0.15, 0.2) is 115 Å². The van der Waals surface area contributed by atoms with Crippen molar-refractivity contribution in [2.75, 3.05) is 4.72 Å². The molecule has 41 heavy (non-hydrogen) atoms. The molecule has 3 aromatic rings. The van der Waals surface area contributed by atoms with Gasteiger partial charge in [-0.25, -0.2) is 0 Å². The summed E-state index contributed by atoms with van der Waals surface area (Å²) in [5.41, 5.74) is 7.02. The fraction of sp³-hybridized carbons (Fsp3) is 0.333. The summed E-state index contributed by atoms with van der Waals surface area (Å²) in [6, 6.07) is 24.6. The molecule has 1 amide bonds. The zero-order chi connectivity index (χ0) is 29.5. The van der Waals surface area contributed by atoms with E-state index in [1.54, 1.807) is 18.1 Å². The highest BCUT2D eigenvalue weighted by molar-refractivity contribution is 8.01. The molecule has 1 heterocycles. The van der Waals surface area contributed by atoms with Gasteiger partial charge in [0.15, 0.2) is 0 Å². The Balaban J connectivity index is 0.00000226. The minimum Gasteiger partial charge on any atom is -0.329 e. The molecule has 4 nitrogen and oxygen atoms in total. The summed E-state index contributed by atoms with van der Waals surface area (Å²) in [7, 11) is 0. The van der Waals surface area contributed by atoms with Crippen molar-refractivity contribution in [3.63, 3.8) is 0 Å². The van der Waals surface area contributed by atoms with Crippen LogP contribution in [-0.2, 0) is 11.3 Å². The average Bonchev–Trinajstić information content (AvgIpc) is 3.02. The van der Waals surface area contributed by atoms with Gasteiger partial charge in [-0.3, -0.25) is 9.78 Å². The van der Waals surface area contributed by atoms with E-state index in [1.807, 2.05) is 74.3 Å². The van der Waals surface area contributed by atoms with E-state index in [4.69, 9.17) is 0 Å². The fourth-order valence-corrected chi connectivity index (χ4v) is 6.03.